The minimum absolute atomic E-state index is 0.291. The van der Waals surface area contributed by atoms with Gasteiger partial charge in [0, 0.05) is 17.6 Å². The lowest BCUT2D eigenvalue weighted by Gasteiger charge is -2.19. The van der Waals surface area contributed by atoms with E-state index in [1.54, 1.807) is 0 Å². The van der Waals surface area contributed by atoms with Crippen LogP contribution >= 0.6 is 0 Å². The first-order valence-electron chi connectivity index (χ1n) is 7.34. The van der Waals surface area contributed by atoms with Crippen molar-refractivity contribution in [3.63, 3.8) is 0 Å². The van der Waals surface area contributed by atoms with E-state index in [-0.39, 0.29) is 0 Å². The number of fused-ring (bicyclic) bond motifs is 1. The molecule has 0 saturated carbocycles. The number of rotatable bonds is 4. The molecular formula is C19H20N2. The van der Waals surface area contributed by atoms with Crippen molar-refractivity contribution < 1.29 is 0 Å². The van der Waals surface area contributed by atoms with Crippen LogP contribution in [0.2, 0.25) is 0 Å². The zero-order chi connectivity index (χ0) is 14.7. The number of aryl methyl sites for hydroxylation is 1. The molecular weight excluding hydrogens is 256 g/mol. The van der Waals surface area contributed by atoms with Crippen molar-refractivity contribution in [2.24, 2.45) is 0 Å². The number of pyridine rings is 1. The molecule has 3 rings (SSSR count). The molecule has 1 aromatic heterocycles. The zero-order valence-electron chi connectivity index (χ0n) is 12.5. The van der Waals surface area contributed by atoms with Crippen LogP contribution in [0.1, 0.15) is 22.7 Å². The largest absolute Gasteiger partial charge is 0.313 e. The molecule has 0 fully saturated rings. The molecule has 1 heterocycles. The summed E-state index contributed by atoms with van der Waals surface area (Å²) in [6.07, 6.45) is 2.88. The fourth-order valence-electron chi connectivity index (χ4n) is 2.86. The van der Waals surface area contributed by atoms with Gasteiger partial charge in [0.15, 0.2) is 0 Å². The van der Waals surface area contributed by atoms with E-state index in [0.717, 1.165) is 11.9 Å². The highest BCUT2D eigenvalue weighted by Crippen LogP contribution is 2.25. The van der Waals surface area contributed by atoms with E-state index >= 15 is 0 Å². The lowest BCUT2D eigenvalue weighted by molar-refractivity contribution is 0.595. The van der Waals surface area contributed by atoms with Gasteiger partial charge in [-0.2, -0.15) is 0 Å². The van der Waals surface area contributed by atoms with Gasteiger partial charge in [-0.05, 0) is 43.7 Å². The number of likely N-dealkylation sites (N-methyl/N-ethyl adjacent to an activating group) is 1. The summed E-state index contributed by atoms with van der Waals surface area (Å²) in [5, 5.41) is 4.68. The summed E-state index contributed by atoms with van der Waals surface area (Å²) in [5.74, 6) is 0. The van der Waals surface area contributed by atoms with Gasteiger partial charge in [-0.1, -0.05) is 48.0 Å². The number of para-hydroxylation sites is 1. The predicted octanol–water partition coefficient (Wildman–Crippen LogP) is 4.05. The maximum Gasteiger partial charge on any atom is 0.0705 e. The van der Waals surface area contributed by atoms with E-state index in [1.807, 2.05) is 19.3 Å². The Kier molecular flexibility index (Phi) is 3.98. The number of hydrogen-bond donors (Lipinski definition) is 1. The lowest BCUT2D eigenvalue weighted by Crippen LogP contribution is -2.19. The monoisotopic (exact) mass is 276 g/mol. The summed E-state index contributed by atoms with van der Waals surface area (Å²) in [4.78, 5) is 4.45. The molecule has 0 bridgehead atoms. The molecule has 0 radical (unpaired) electrons. The zero-order valence-corrected chi connectivity index (χ0v) is 12.5. The number of nitrogens with one attached hydrogen (secondary N) is 1. The van der Waals surface area contributed by atoms with Crippen LogP contribution in [0.15, 0.2) is 60.8 Å². The molecule has 0 aliphatic carbocycles. The van der Waals surface area contributed by atoms with Crippen molar-refractivity contribution >= 4 is 10.9 Å². The summed E-state index contributed by atoms with van der Waals surface area (Å²) >= 11 is 0. The first-order valence-corrected chi connectivity index (χ1v) is 7.34. The summed E-state index contributed by atoms with van der Waals surface area (Å²) in [6, 6.07) is 19.5. The maximum absolute atomic E-state index is 4.45. The van der Waals surface area contributed by atoms with Gasteiger partial charge in [0.2, 0.25) is 0 Å². The third kappa shape index (κ3) is 2.96. The lowest BCUT2D eigenvalue weighted by atomic mass is 9.95. The molecule has 2 aromatic carbocycles. The van der Waals surface area contributed by atoms with Crippen LogP contribution in [-0.2, 0) is 6.42 Å². The average molecular weight is 276 g/mol. The minimum atomic E-state index is 0.291. The Labute approximate surface area is 125 Å². The molecule has 2 nitrogen and oxygen atoms in total. The minimum Gasteiger partial charge on any atom is -0.313 e. The quantitative estimate of drug-likeness (QED) is 0.777. The van der Waals surface area contributed by atoms with Gasteiger partial charge in [0.25, 0.3) is 0 Å². The fraction of sp³-hybridized carbons (Fsp3) is 0.211. The number of aromatic nitrogens is 1. The van der Waals surface area contributed by atoms with Crippen LogP contribution < -0.4 is 5.32 Å². The molecule has 21 heavy (non-hydrogen) atoms. The van der Waals surface area contributed by atoms with Gasteiger partial charge in [-0.3, -0.25) is 4.98 Å². The van der Waals surface area contributed by atoms with Gasteiger partial charge in [0.1, 0.15) is 0 Å². The Morgan fingerprint density at radius 1 is 1.05 bits per heavy atom. The van der Waals surface area contributed by atoms with E-state index < -0.39 is 0 Å². The van der Waals surface area contributed by atoms with Crippen molar-refractivity contribution in [2.75, 3.05) is 7.05 Å². The summed E-state index contributed by atoms with van der Waals surface area (Å²) in [7, 11) is 2.02. The molecule has 3 aromatic rings. The third-order valence-electron chi connectivity index (χ3n) is 3.93. The summed E-state index contributed by atoms with van der Waals surface area (Å²) in [5.41, 5.74) is 5.03. The summed E-state index contributed by atoms with van der Waals surface area (Å²) in [6.45, 7) is 2.14. The first-order chi connectivity index (χ1) is 10.3. The number of nitrogens with zero attached hydrogens (tertiary/aromatic N) is 1. The average Bonchev–Trinajstić information content (AvgIpc) is 2.52. The highest BCUT2D eigenvalue weighted by atomic mass is 14.9. The summed E-state index contributed by atoms with van der Waals surface area (Å²) < 4.78 is 0. The SMILES string of the molecule is CNC(Cc1cccc(C)c1)c1ccnc2ccccc12. The van der Waals surface area contributed by atoms with Gasteiger partial charge in [0.05, 0.1) is 5.52 Å². The second kappa shape index (κ2) is 6.06. The van der Waals surface area contributed by atoms with E-state index in [9.17, 15) is 0 Å². The van der Waals surface area contributed by atoms with Gasteiger partial charge < -0.3 is 5.32 Å². The molecule has 0 aliphatic rings. The Bertz CT molecular complexity index is 744. The molecule has 0 aliphatic heterocycles. The van der Waals surface area contributed by atoms with Crippen LogP contribution in [0.5, 0.6) is 0 Å². The molecule has 106 valence electrons. The molecule has 1 unspecified atom stereocenters. The molecule has 1 N–H and O–H groups in total. The van der Waals surface area contributed by atoms with Crippen LogP contribution in [0, 0.1) is 6.92 Å². The van der Waals surface area contributed by atoms with Crippen LogP contribution in [0.25, 0.3) is 10.9 Å². The van der Waals surface area contributed by atoms with Gasteiger partial charge >= 0.3 is 0 Å². The van der Waals surface area contributed by atoms with Crippen molar-refractivity contribution in [1.82, 2.24) is 10.3 Å². The van der Waals surface area contributed by atoms with Crippen molar-refractivity contribution in [2.45, 2.75) is 19.4 Å². The van der Waals surface area contributed by atoms with Crippen LogP contribution in [0.4, 0.5) is 0 Å². The molecule has 0 saturated heterocycles. The van der Waals surface area contributed by atoms with Gasteiger partial charge in [-0.25, -0.2) is 0 Å². The topological polar surface area (TPSA) is 24.9 Å². The number of hydrogen-bond acceptors (Lipinski definition) is 2. The van der Waals surface area contributed by atoms with E-state index in [4.69, 9.17) is 0 Å². The Balaban J connectivity index is 1.98. The van der Waals surface area contributed by atoms with Crippen LogP contribution in [-0.4, -0.2) is 12.0 Å². The van der Waals surface area contributed by atoms with E-state index in [1.165, 1.54) is 22.1 Å². The Morgan fingerprint density at radius 3 is 2.71 bits per heavy atom. The molecule has 0 amide bonds. The van der Waals surface area contributed by atoms with Crippen molar-refractivity contribution in [3.05, 3.63) is 77.5 Å². The highest BCUT2D eigenvalue weighted by molar-refractivity contribution is 5.82. The van der Waals surface area contributed by atoms with E-state index in [2.05, 4.69) is 65.8 Å². The van der Waals surface area contributed by atoms with Crippen molar-refractivity contribution in [3.8, 4) is 0 Å². The van der Waals surface area contributed by atoms with Crippen molar-refractivity contribution in [1.29, 1.82) is 0 Å². The third-order valence-corrected chi connectivity index (χ3v) is 3.93. The molecule has 1 atom stereocenters. The second-order valence-corrected chi connectivity index (χ2v) is 5.45. The highest BCUT2D eigenvalue weighted by Gasteiger charge is 2.13. The maximum atomic E-state index is 4.45. The number of benzene rings is 2. The molecule has 2 heteroatoms. The predicted molar refractivity (Wildman–Crippen MR) is 88.4 cm³/mol. The van der Waals surface area contributed by atoms with Crippen LogP contribution in [0.3, 0.4) is 0 Å². The van der Waals surface area contributed by atoms with E-state index in [0.29, 0.717) is 6.04 Å². The first kappa shape index (κ1) is 13.8. The fourth-order valence-corrected chi connectivity index (χ4v) is 2.86. The second-order valence-electron chi connectivity index (χ2n) is 5.45. The normalized spacial score (nSPS) is 12.5. The Hall–Kier alpha value is -2.19. The Morgan fingerprint density at radius 2 is 1.90 bits per heavy atom. The molecule has 0 spiro atoms. The standard InChI is InChI=1S/C19H20N2/c1-14-6-5-7-15(12-14)13-19(20-2)17-10-11-21-18-9-4-3-8-16(17)18/h3-12,19-20H,13H2,1-2H3. The smallest absolute Gasteiger partial charge is 0.0705 e. The van der Waals surface area contributed by atoms with Gasteiger partial charge in [-0.15, -0.1) is 0 Å².